The summed E-state index contributed by atoms with van der Waals surface area (Å²) in [6, 6.07) is 12.1. The molecule has 8 heteroatoms. The van der Waals surface area contributed by atoms with Crippen LogP contribution >= 0.6 is 0 Å². The molecule has 0 aromatic heterocycles. The summed E-state index contributed by atoms with van der Waals surface area (Å²) in [5, 5.41) is 25.5. The van der Waals surface area contributed by atoms with Gasteiger partial charge >= 0.3 is 6.09 Å². The molecule has 0 aliphatic heterocycles. The number of fused-ring (bicyclic) bond motifs is 3. The lowest BCUT2D eigenvalue weighted by Gasteiger charge is -2.25. The van der Waals surface area contributed by atoms with Gasteiger partial charge in [0, 0.05) is 12.6 Å². The first kappa shape index (κ1) is 23.8. The summed E-state index contributed by atoms with van der Waals surface area (Å²) in [7, 11) is 0. The molecule has 3 atom stereocenters. The Balaban J connectivity index is 1.57. The maximum atomic E-state index is 14.1. The van der Waals surface area contributed by atoms with Gasteiger partial charge in [0.2, 0.25) is 0 Å². The monoisotopic (exact) mass is 470 g/mol. The number of rotatable bonds is 8. The van der Waals surface area contributed by atoms with E-state index < -0.39 is 35.9 Å². The van der Waals surface area contributed by atoms with E-state index in [-0.39, 0.29) is 24.3 Å². The zero-order valence-electron chi connectivity index (χ0n) is 18.5. The molecule has 0 saturated carbocycles. The number of halogens is 3. The van der Waals surface area contributed by atoms with Crippen molar-refractivity contribution in [2.75, 3.05) is 6.54 Å². The van der Waals surface area contributed by atoms with Crippen molar-refractivity contribution < 1.29 is 28.2 Å². The Labute approximate surface area is 195 Å². The van der Waals surface area contributed by atoms with Gasteiger partial charge in [-0.15, -0.1) is 0 Å². The fourth-order valence-corrected chi connectivity index (χ4v) is 4.53. The average molecular weight is 470 g/mol. The van der Waals surface area contributed by atoms with E-state index >= 15 is 0 Å². The van der Waals surface area contributed by atoms with Gasteiger partial charge < -0.3 is 20.8 Å². The van der Waals surface area contributed by atoms with E-state index in [2.05, 4.69) is 10.6 Å². The van der Waals surface area contributed by atoms with Crippen molar-refractivity contribution in [2.45, 2.75) is 38.0 Å². The molecular weight excluding hydrogens is 445 g/mol. The number of aliphatic hydroxyl groups excluding tert-OH is 1. The lowest BCUT2D eigenvalue weighted by atomic mass is 9.99. The Hall–Kier alpha value is -3.36. The zero-order valence-corrected chi connectivity index (χ0v) is 18.5. The van der Waals surface area contributed by atoms with Gasteiger partial charge in [-0.3, -0.25) is 0 Å². The Kier molecular flexibility index (Phi) is 6.90. The van der Waals surface area contributed by atoms with E-state index in [1.165, 1.54) is 12.1 Å². The third kappa shape index (κ3) is 5.08. The van der Waals surface area contributed by atoms with E-state index in [0.29, 0.717) is 0 Å². The predicted molar refractivity (Wildman–Crippen MR) is 122 cm³/mol. The lowest BCUT2D eigenvalue weighted by molar-refractivity contribution is 0.116. The van der Waals surface area contributed by atoms with Gasteiger partial charge in [0.05, 0.1) is 18.2 Å². The first-order valence-corrected chi connectivity index (χ1v) is 11.0. The van der Waals surface area contributed by atoms with Crippen molar-refractivity contribution in [3.63, 3.8) is 0 Å². The molecule has 178 valence electrons. The van der Waals surface area contributed by atoms with E-state index in [1.807, 2.05) is 25.1 Å². The maximum absolute atomic E-state index is 14.1. The number of carboxylic acid groups (broad SMARTS) is 1. The lowest BCUT2D eigenvalue weighted by Crippen LogP contribution is -2.48. The molecular formula is C26H25F3N2O3. The SMILES string of the molecule is CCc1ccc2c(c1)C(NC[C@@H](O)[C@H](Cc1cc(F)cc(F)c1)NC(=O)O)c1cc(F)ccc1-2. The molecule has 0 radical (unpaired) electrons. The van der Waals surface area contributed by atoms with Crippen LogP contribution in [-0.2, 0) is 12.8 Å². The van der Waals surface area contributed by atoms with Crippen LogP contribution in [0.15, 0.2) is 54.6 Å². The number of aryl methyl sites for hydroxylation is 1. The van der Waals surface area contributed by atoms with Crippen molar-refractivity contribution in [3.8, 4) is 11.1 Å². The van der Waals surface area contributed by atoms with Gasteiger partial charge in [0.1, 0.15) is 17.5 Å². The summed E-state index contributed by atoms with van der Waals surface area (Å²) < 4.78 is 41.2. The first-order chi connectivity index (χ1) is 16.2. The molecule has 0 spiro atoms. The molecule has 0 bridgehead atoms. The van der Waals surface area contributed by atoms with Crippen LogP contribution in [0.3, 0.4) is 0 Å². The quantitative estimate of drug-likeness (QED) is 0.389. The number of aliphatic hydroxyl groups is 1. The molecule has 1 amide bonds. The van der Waals surface area contributed by atoms with Crippen molar-refractivity contribution in [1.82, 2.24) is 10.6 Å². The van der Waals surface area contributed by atoms with Crippen molar-refractivity contribution in [1.29, 1.82) is 0 Å². The fourth-order valence-electron chi connectivity index (χ4n) is 4.53. The molecule has 0 heterocycles. The van der Waals surface area contributed by atoms with E-state index in [1.54, 1.807) is 6.07 Å². The highest BCUT2D eigenvalue weighted by atomic mass is 19.1. The second-order valence-corrected chi connectivity index (χ2v) is 8.45. The van der Waals surface area contributed by atoms with Gasteiger partial charge in [-0.25, -0.2) is 18.0 Å². The third-order valence-corrected chi connectivity index (χ3v) is 6.13. The van der Waals surface area contributed by atoms with Crippen LogP contribution in [-0.4, -0.2) is 35.0 Å². The molecule has 4 N–H and O–H groups in total. The number of carbonyl (C=O) groups is 1. The summed E-state index contributed by atoms with van der Waals surface area (Å²) in [6.07, 6.45) is -1.89. The van der Waals surface area contributed by atoms with Crippen LogP contribution in [0.1, 0.15) is 35.2 Å². The molecule has 3 aromatic carbocycles. The first-order valence-electron chi connectivity index (χ1n) is 11.0. The molecule has 1 aliphatic rings. The van der Waals surface area contributed by atoms with Crippen LogP contribution in [0, 0.1) is 17.5 Å². The van der Waals surface area contributed by atoms with Crippen LogP contribution < -0.4 is 10.6 Å². The van der Waals surface area contributed by atoms with E-state index in [9.17, 15) is 28.2 Å². The number of hydrogen-bond acceptors (Lipinski definition) is 3. The molecule has 0 fully saturated rings. The van der Waals surface area contributed by atoms with Crippen LogP contribution in [0.2, 0.25) is 0 Å². The highest BCUT2D eigenvalue weighted by Crippen LogP contribution is 2.44. The van der Waals surface area contributed by atoms with Crippen LogP contribution in [0.25, 0.3) is 11.1 Å². The van der Waals surface area contributed by atoms with E-state index in [4.69, 9.17) is 0 Å². The number of benzene rings is 3. The fraction of sp³-hybridized carbons (Fsp3) is 0.269. The highest BCUT2D eigenvalue weighted by Gasteiger charge is 2.31. The second-order valence-electron chi connectivity index (χ2n) is 8.45. The van der Waals surface area contributed by atoms with Gasteiger partial charge in [0.15, 0.2) is 0 Å². The molecule has 0 saturated heterocycles. The largest absolute Gasteiger partial charge is 0.465 e. The summed E-state index contributed by atoms with van der Waals surface area (Å²) in [6.45, 7) is 1.99. The average Bonchev–Trinajstić information content (AvgIpc) is 3.07. The van der Waals surface area contributed by atoms with Crippen molar-refractivity contribution in [3.05, 3.63) is 94.3 Å². The highest BCUT2D eigenvalue weighted by molar-refractivity contribution is 5.79. The number of amides is 1. The Bertz CT molecular complexity index is 1200. The van der Waals surface area contributed by atoms with Gasteiger partial charge in [0.25, 0.3) is 0 Å². The Morgan fingerprint density at radius 1 is 0.912 bits per heavy atom. The topological polar surface area (TPSA) is 81.6 Å². The van der Waals surface area contributed by atoms with Gasteiger partial charge in [-0.2, -0.15) is 0 Å². The normalized spacial score (nSPS) is 16.0. The number of hydrogen-bond donors (Lipinski definition) is 4. The maximum Gasteiger partial charge on any atom is 0.404 e. The molecule has 4 rings (SSSR count). The molecule has 3 aromatic rings. The van der Waals surface area contributed by atoms with Gasteiger partial charge in [-0.05, 0) is 70.5 Å². The van der Waals surface area contributed by atoms with Gasteiger partial charge in [-0.1, -0.05) is 31.2 Å². The summed E-state index contributed by atoms with van der Waals surface area (Å²) in [4.78, 5) is 11.3. The number of nitrogens with one attached hydrogen (secondary N) is 2. The summed E-state index contributed by atoms with van der Waals surface area (Å²) in [5.74, 6) is -1.96. The van der Waals surface area contributed by atoms with Crippen LogP contribution in [0.4, 0.5) is 18.0 Å². The molecule has 5 nitrogen and oxygen atoms in total. The van der Waals surface area contributed by atoms with Crippen molar-refractivity contribution >= 4 is 6.09 Å². The third-order valence-electron chi connectivity index (χ3n) is 6.13. The zero-order chi connectivity index (χ0) is 24.4. The van der Waals surface area contributed by atoms with E-state index in [0.717, 1.165) is 52.4 Å². The molecule has 1 aliphatic carbocycles. The minimum absolute atomic E-state index is 0.0425. The predicted octanol–water partition coefficient (Wildman–Crippen LogP) is 4.57. The Morgan fingerprint density at radius 3 is 2.21 bits per heavy atom. The Morgan fingerprint density at radius 2 is 1.56 bits per heavy atom. The minimum Gasteiger partial charge on any atom is -0.465 e. The second kappa shape index (κ2) is 9.87. The summed E-state index contributed by atoms with van der Waals surface area (Å²) in [5.41, 5.74) is 4.85. The van der Waals surface area contributed by atoms with Crippen LogP contribution in [0.5, 0.6) is 0 Å². The van der Waals surface area contributed by atoms with Crippen molar-refractivity contribution in [2.24, 2.45) is 0 Å². The summed E-state index contributed by atoms with van der Waals surface area (Å²) >= 11 is 0. The molecule has 1 unspecified atom stereocenters. The standard InChI is InChI=1S/C26H25F3N2O3/c1-2-14-3-5-19-20-6-4-16(27)12-22(20)25(21(19)9-14)30-13-24(32)23(31-26(33)34)10-15-7-17(28)11-18(29)8-15/h3-9,11-12,23-25,30-32H,2,10,13H2,1H3,(H,33,34)/t23-,24+,25?/m0/s1. The smallest absolute Gasteiger partial charge is 0.404 e. The minimum atomic E-state index is -1.37. The molecule has 34 heavy (non-hydrogen) atoms.